The van der Waals surface area contributed by atoms with Gasteiger partial charge in [-0.2, -0.15) is 9.78 Å². The molecule has 146 valence electrons. The van der Waals surface area contributed by atoms with Gasteiger partial charge in [0.1, 0.15) is 5.75 Å². The second kappa shape index (κ2) is 7.76. The van der Waals surface area contributed by atoms with E-state index < -0.39 is 0 Å². The van der Waals surface area contributed by atoms with Gasteiger partial charge in [0, 0.05) is 22.6 Å². The van der Waals surface area contributed by atoms with Gasteiger partial charge in [0.05, 0.1) is 31.2 Å². The quantitative estimate of drug-likeness (QED) is 0.500. The van der Waals surface area contributed by atoms with Crippen molar-refractivity contribution in [1.82, 2.24) is 14.8 Å². The number of aromatic hydroxyl groups is 1. The van der Waals surface area contributed by atoms with Crippen LogP contribution in [0, 0.1) is 0 Å². The highest BCUT2D eigenvalue weighted by Crippen LogP contribution is 2.30. The highest BCUT2D eigenvalue weighted by atomic mass is 32.1. The molecule has 8 heteroatoms. The molecule has 0 fully saturated rings. The third kappa shape index (κ3) is 3.70. The van der Waals surface area contributed by atoms with Gasteiger partial charge in [0.25, 0.3) is 0 Å². The summed E-state index contributed by atoms with van der Waals surface area (Å²) >= 11 is 1.36. The Kier molecular flexibility index (Phi) is 5.01. The molecule has 0 aliphatic rings. The molecule has 0 saturated heterocycles. The molecule has 0 radical (unpaired) electrons. The average molecular weight is 407 g/mol. The molecule has 4 aromatic rings. The summed E-state index contributed by atoms with van der Waals surface area (Å²) in [7, 11) is 2.96. The van der Waals surface area contributed by atoms with Crippen molar-refractivity contribution in [2.24, 2.45) is 0 Å². The molecule has 0 unspecified atom stereocenters. The molecule has 0 atom stereocenters. The summed E-state index contributed by atoms with van der Waals surface area (Å²) < 4.78 is 11.3. The highest BCUT2D eigenvalue weighted by molar-refractivity contribution is 7.12. The van der Waals surface area contributed by atoms with E-state index in [0.717, 1.165) is 22.6 Å². The molecule has 0 amide bonds. The second-order valence-electron chi connectivity index (χ2n) is 6.11. The van der Waals surface area contributed by atoms with Crippen molar-refractivity contribution < 1.29 is 19.4 Å². The van der Waals surface area contributed by atoms with E-state index in [2.05, 4.69) is 10.1 Å². The molecule has 0 saturated carbocycles. The fraction of sp³-hybridized carbons (Fsp3) is 0.0952. The Hall–Kier alpha value is -3.65. The SMILES string of the molecule is COC(=O)c1ccc(-c2csc(-n3nc(-c4ccc(OC)cc4)cc3O)n2)cc1. The number of carbonyl (C=O) groups excluding carboxylic acids is 1. The van der Waals surface area contributed by atoms with Gasteiger partial charge in [0.2, 0.25) is 11.0 Å². The molecule has 0 bridgehead atoms. The Labute approximate surface area is 170 Å². The van der Waals surface area contributed by atoms with Crippen molar-refractivity contribution >= 4 is 17.3 Å². The Morgan fingerprint density at radius 2 is 1.66 bits per heavy atom. The van der Waals surface area contributed by atoms with Crippen molar-refractivity contribution in [2.75, 3.05) is 14.2 Å². The van der Waals surface area contributed by atoms with Crippen molar-refractivity contribution in [3.05, 3.63) is 65.5 Å². The number of hydrogen-bond acceptors (Lipinski definition) is 7. The maximum Gasteiger partial charge on any atom is 0.337 e. The van der Waals surface area contributed by atoms with Gasteiger partial charge in [-0.3, -0.25) is 0 Å². The van der Waals surface area contributed by atoms with Gasteiger partial charge in [0.15, 0.2) is 0 Å². The summed E-state index contributed by atoms with van der Waals surface area (Å²) in [5.41, 5.74) is 3.53. The van der Waals surface area contributed by atoms with Crippen LogP contribution in [0.3, 0.4) is 0 Å². The Morgan fingerprint density at radius 1 is 1.00 bits per heavy atom. The van der Waals surface area contributed by atoms with Crippen LogP contribution in [0.1, 0.15) is 10.4 Å². The first-order valence-electron chi connectivity index (χ1n) is 8.67. The largest absolute Gasteiger partial charge is 0.497 e. The topological polar surface area (TPSA) is 86.5 Å². The Balaban J connectivity index is 1.61. The zero-order valence-corrected chi connectivity index (χ0v) is 16.5. The highest BCUT2D eigenvalue weighted by Gasteiger charge is 2.14. The number of benzene rings is 2. The zero-order valence-electron chi connectivity index (χ0n) is 15.7. The molecular weight excluding hydrogens is 390 g/mol. The predicted octanol–water partition coefficient (Wildman–Crippen LogP) is 4.16. The van der Waals surface area contributed by atoms with Gasteiger partial charge in [-0.1, -0.05) is 12.1 Å². The first kappa shape index (κ1) is 18.7. The second-order valence-corrected chi connectivity index (χ2v) is 6.95. The lowest BCUT2D eigenvalue weighted by Crippen LogP contribution is -2.00. The first-order valence-corrected chi connectivity index (χ1v) is 9.55. The minimum atomic E-state index is -0.386. The third-order valence-corrected chi connectivity index (χ3v) is 5.17. The lowest BCUT2D eigenvalue weighted by Gasteiger charge is -2.01. The molecule has 2 heterocycles. The number of rotatable bonds is 5. The Morgan fingerprint density at radius 3 is 2.31 bits per heavy atom. The van der Waals surface area contributed by atoms with Crippen LogP contribution >= 0.6 is 11.3 Å². The van der Waals surface area contributed by atoms with Crippen LogP contribution < -0.4 is 4.74 Å². The fourth-order valence-electron chi connectivity index (χ4n) is 2.80. The Bertz CT molecular complexity index is 1150. The molecule has 29 heavy (non-hydrogen) atoms. The molecular formula is C21H17N3O4S. The summed E-state index contributed by atoms with van der Waals surface area (Å²) in [6.45, 7) is 0. The van der Waals surface area contributed by atoms with E-state index in [4.69, 9.17) is 9.47 Å². The minimum Gasteiger partial charge on any atom is -0.497 e. The summed E-state index contributed by atoms with van der Waals surface area (Å²) in [4.78, 5) is 16.1. The molecule has 1 N–H and O–H groups in total. The number of ether oxygens (including phenoxy) is 2. The molecule has 2 aromatic carbocycles. The number of nitrogens with zero attached hydrogens (tertiary/aromatic N) is 3. The van der Waals surface area contributed by atoms with Crippen LogP contribution in [0.25, 0.3) is 27.6 Å². The smallest absolute Gasteiger partial charge is 0.337 e. The van der Waals surface area contributed by atoms with E-state index >= 15 is 0 Å². The molecule has 4 rings (SSSR count). The van der Waals surface area contributed by atoms with E-state index in [1.807, 2.05) is 29.6 Å². The number of aromatic nitrogens is 3. The monoisotopic (exact) mass is 407 g/mol. The molecule has 7 nitrogen and oxygen atoms in total. The van der Waals surface area contributed by atoms with Crippen LogP contribution in [-0.2, 0) is 4.74 Å². The van der Waals surface area contributed by atoms with Crippen LogP contribution in [0.15, 0.2) is 60.0 Å². The van der Waals surface area contributed by atoms with Crippen LogP contribution in [0.2, 0.25) is 0 Å². The first-order chi connectivity index (χ1) is 14.1. The minimum absolute atomic E-state index is 0.00208. The molecule has 0 aliphatic carbocycles. The van der Waals surface area contributed by atoms with E-state index in [1.165, 1.54) is 23.1 Å². The van der Waals surface area contributed by atoms with Crippen LogP contribution in [0.4, 0.5) is 0 Å². The van der Waals surface area contributed by atoms with Gasteiger partial charge >= 0.3 is 5.97 Å². The van der Waals surface area contributed by atoms with Crippen LogP contribution in [-0.4, -0.2) is 40.1 Å². The van der Waals surface area contributed by atoms with Gasteiger partial charge in [-0.15, -0.1) is 11.3 Å². The van der Waals surface area contributed by atoms with Gasteiger partial charge < -0.3 is 14.6 Å². The number of hydrogen-bond donors (Lipinski definition) is 1. The van der Waals surface area contributed by atoms with E-state index in [0.29, 0.717) is 16.4 Å². The summed E-state index contributed by atoms with van der Waals surface area (Å²) in [6, 6.07) is 16.0. The van der Waals surface area contributed by atoms with E-state index in [-0.39, 0.29) is 11.8 Å². The predicted molar refractivity (Wildman–Crippen MR) is 110 cm³/mol. The molecule has 2 aromatic heterocycles. The fourth-order valence-corrected chi connectivity index (χ4v) is 3.60. The zero-order chi connectivity index (χ0) is 20.4. The van der Waals surface area contributed by atoms with Crippen LogP contribution in [0.5, 0.6) is 11.6 Å². The van der Waals surface area contributed by atoms with Gasteiger partial charge in [-0.05, 0) is 36.4 Å². The summed E-state index contributed by atoms with van der Waals surface area (Å²) in [5, 5.41) is 17.2. The lowest BCUT2D eigenvalue weighted by atomic mass is 10.1. The van der Waals surface area contributed by atoms with Gasteiger partial charge in [-0.25, -0.2) is 9.78 Å². The molecule has 0 aliphatic heterocycles. The van der Waals surface area contributed by atoms with E-state index in [9.17, 15) is 9.90 Å². The maximum atomic E-state index is 11.6. The van der Waals surface area contributed by atoms with E-state index in [1.54, 1.807) is 37.4 Å². The number of methoxy groups -OCH3 is 2. The normalized spacial score (nSPS) is 10.7. The van der Waals surface area contributed by atoms with Crippen molar-refractivity contribution in [3.63, 3.8) is 0 Å². The maximum absolute atomic E-state index is 11.6. The number of esters is 1. The third-order valence-electron chi connectivity index (χ3n) is 4.35. The summed E-state index contributed by atoms with van der Waals surface area (Å²) in [5.74, 6) is 0.362. The average Bonchev–Trinajstić information content (AvgIpc) is 3.40. The van der Waals surface area contributed by atoms with Crippen molar-refractivity contribution in [3.8, 4) is 39.3 Å². The van der Waals surface area contributed by atoms with Crippen molar-refractivity contribution in [2.45, 2.75) is 0 Å². The molecule has 0 spiro atoms. The lowest BCUT2D eigenvalue weighted by molar-refractivity contribution is 0.0600. The van der Waals surface area contributed by atoms with Crippen molar-refractivity contribution in [1.29, 1.82) is 0 Å². The number of thiazole rings is 1. The number of carbonyl (C=O) groups is 1. The summed E-state index contributed by atoms with van der Waals surface area (Å²) in [6.07, 6.45) is 0. The standard InChI is InChI=1S/C21H17N3O4S/c1-27-16-9-7-13(8-10-16)17-11-19(25)24(23-17)21-22-18(12-29-21)14-3-5-15(6-4-14)20(26)28-2/h3-12,25H,1-2H3.